The summed E-state index contributed by atoms with van der Waals surface area (Å²) >= 11 is 4.72. The number of nitrogens with one attached hydrogen (secondary N) is 1. The summed E-state index contributed by atoms with van der Waals surface area (Å²) in [7, 11) is -0.0250. The Balaban J connectivity index is 2.14. The lowest BCUT2D eigenvalue weighted by molar-refractivity contribution is -0.120. The molecule has 0 saturated carbocycles. The number of rotatable bonds is 7. The highest BCUT2D eigenvalue weighted by atomic mass is 32.8. The summed E-state index contributed by atoms with van der Waals surface area (Å²) < 4.78 is 26.4. The molecule has 24 heavy (non-hydrogen) atoms. The minimum Gasteiger partial charge on any atom is -0.497 e. The molecule has 1 aromatic carbocycles. The number of benzene rings is 1. The molecule has 0 fully saturated rings. The van der Waals surface area contributed by atoms with Crippen molar-refractivity contribution in [2.24, 2.45) is 0 Å². The number of methoxy groups -OCH3 is 1. The lowest BCUT2D eigenvalue weighted by atomic mass is 10.1. The van der Waals surface area contributed by atoms with Crippen molar-refractivity contribution in [3.63, 3.8) is 0 Å². The molecule has 0 aliphatic heterocycles. The highest BCUT2D eigenvalue weighted by molar-refractivity contribution is 8.30. The Bertz CT molecular complexity index is 904. The van der Waals surface area contributed by atoms with Gasteiger partial charge >= 0.3 is 5.63 Å². The first-order valence-corrected chi connectivity index (χ1v) is 9.58. The summed E-state index contributed by atoms with van der Waals surface area (Å²) in [6.07, 6.45) is -0.0139. The number of hydrogen-bond acceptors (Lipinski definition) is 7. The van der Waals surface area contributed by atoms with Gasteiger partial charge in [-0.2, -0.15) is 0 Å². The maximum absolute atomic E-state index is 12.0. The van der Waals surface area contributed by atoms with E-state index in [1.807, 2.05) is 0 Å². The predicted molar refractivity (Wildman–Crippen MR) is 93.1 cm³/mol. The standard InChI is InChI=1S/C15H17NO6S2/c1-20-11-3-4-12-10(8-15(18)22-13(12)9-11)7-14(17)16-5-6-24(19,23)21-2/h3-4,8-9H,5-7H2,1-2H3,(H,16,17). The fraction of sp³-hybridized carbons (Fsp3) is 0.333. The lowest BCUT2D eigenvalue weighted by Gasteiger charge is -2.08. The third kappa shape index (κ3) is 4.76. The van der Waals surface area contributed by atoms with Crippen molar-refractivity contribution >= 4 is 36.8 Å². The van der Waals surface area contributed by atoms with Gasteiger partial charge in [-0.25, -0.2) is 9.00 Å². The number of hydrogen-bond donors (Lipinski definition) is 1. The molecule has 7 nitrogen and oxygen atoms in total. The molecular formula is C15H17NO6S2. The highest BCUT2D eigenvalue weighted by Crippen LogP contribution is 2.22. The molecule has 1 heterocycles. The van der Waals surface area contributed by atoms with Crippen LogP contribution in [-0.4, -0.2) is 36.6 Å². The number of ether oxygens (including phenoxy) is 1. The van der Waals surface area contributed by atoms with Crippen LogP contribution in [0.2, 0.25) is 0 Å². The topological polar surface area (TPSA) is 94.8 Å². The minimum absolute atomic E-state index is 0.0139. The van der Waals surface area contributed by atoms with Crippen LogP contribution in [0.15, 0.2) is 33.5 Å². The molecule has 0 aliphatic rings. The second-order valence-electron chi connectivity index (χ2n) is 4.91. The normalized spacial score (nSPS) is 13.4. The van der Waals surface area contributed by atoms with Crippen molar-refractivity contribution in [3.05, 3.63) is 40.2 Å². The fourth-order valence-electron chi connectivity index (χ4n) is 2.12. The molecule has 1 unspecified atom stereocenters. The van der Waals surface area contributed by atoms with Crippen LogP contribution in [0.3, 0.4) is 0 Å². The van der Waals surface area contributed by atoms with Gasteiger partial charge in [0, 0.05) is 35.3 Å². The second-order valence-corrected chi connectivity index (χ2v) is 8.29. The van der Waals surface area contributed by atoms with Gasteiger partial charge in [0.2, 0.25) is 5.91 Å². The number of fused-ring (bicyclic) bond motifs is 1. The van der Waals surface area contributed by atoms with Gasteiger partial charge in [-0.15, -0.1) is 0 Å². The van der Waals surface area contributed by atoms with Gasteiger partial charge < -0.3 is 14.5 Å². The van der Waals surface area contributed by atoms with E-state index in [-0.39, 0.29) is 24.6 Å². The van der Waals surface area contributed by atoms with Crippen LogP contribution < -0.4 is 15.7 Å². The Morgan fingerprint density at radius 1 is 1.33 bits per heavy atom. The SMILES string of the molecule is COc1ccc2c(CC(=O)NCCS(=O)(=S)OC)cc(=O)oc2c1. The second kappa shape index (κ2) is 7.73. The van der Waals surface area contributed by atoms with Gasteiger partial charge in [0.15, 0.2) is 0 Å². The quantitative estimate of drug-likeness (QED) is 0.718. The van der Waals surface area contributed by atoms with Gasteiger partial charge in [-0.3, -0.25) is 8.98 Å². The zero-order chi connectivity index (χ0) is 17.7. The van der Waals surface area contributed by atoms with Crippen LogP contribution in [0.4, 0.5) is 0 Å². The number of carbonyl (C=O) groups excluding carboxylic acids is 1. The Labute approximate surface area is 143 Å². The van der Waals surface area contributed by atoms with Gasteiger partial charge in [0.05, 0.1) is 26.4 Å². The smallest absolute Gasteiger partial charge is 0.336 e. The maximum atomic E-state index is 12.0. The molecule has 2 aromatic rings. The molecule has 130 valence electrons. The molecular weight excluding hydrogens is 354 g/mol. The highest BCUT2D eigenvalue weighted by Gasteiger charge is 2.12. The first-order valence-electron chi connectivity index (χ1n) is 7.00. The Morgan fingerprint density at radius 3 is 2.75 bits per heavy atom. The fourth-order valence-corrected chi connectivity index (χ4v) is 2.89. The summed E-state index contributed by atoms with van der Waals surface area (Å²) in [5.41, 5.74) is 0.330. The minimum atomic E-state index is -2.80. The average Bonchev–Trinajstić information content (AvgIpc) is 2.53. The number of amides is 1. The van der Waals surface area contributed by atoms with Crippen molar-refractivity contribution < 1.29 is 22.3 Å². The lowest BCUT2D eigenvalue weighted by Crippen LogP contribution is -2.30. The Kier molecular flexibility index (Phi) is 5.92. The number of carbonyl (C=O) groups is 1. The molecule has 1 atom stereocenters. The van der Waals surface area contributed by atoms with E-state index in [9.17, 15) is 13.8 Å². The van der Waals surface area contributed by atoms with E-state index in [0.717, 1.165) is 0 Å². The molecule has 0 bridgehead atoms. The van der Waals surface area contributed by atoms with E-state index in [2.05, 4.69) is 9.50 Å². The van der Waals surface area contributed by atoms with Crippen molar-refractivity contribution in [3.8, 4) is 5.75 Å². The molecule has 0 saturated heterocycles. The summed E-state index contributed by atoms with van der Waals surface area (Å²) in [4.78, 5) is 23.7. The van der Waals surface area contributed by atoms with Crippen molar-refractivity contribution in [2.45, 2.75) is 6.42 Å². The summed E-state index contributed by atoms with van der Waals surface area (Å²) in [6, 6.07) is 6.30. The third-order valence-electron chi connectivity index (χ3n) is 3.32. The van der Waals surface area contributed by atoms with Gasteiger partial charge in [-0.1, -0.05) is 0 Å². The first-order chi connectivity index (χ1) is 11.3. The van der Waals surface area contributed by atoms with Crippen molar-refractivity contribution in [1.82, 2.24) is 5.32 Å². The van der Waals surface area contributed by atoms with Gasteiger partial charge in [0.25, 0.3) is 0 Å². The maximum Gasteiger partial charge on any atom is 0.336 e. The molecule has 1 amide bonds. The van der Waals surface area contributed by atoms with Crippen molar-refractivity contribution in [1.29, 1.82) is 0 Å². The van der Waals surface area contributed by atoms with E-state index in [4.69, 9.17) is 20.3 Å². The first kappa shape index (κ1) is 18.4. The van der Waals surface area contributed by atoms with E-state index in [0.29, 0.717) is 22.3 Å². The van der Waals surface area contributed by atoms with E-state index in [1.54, 1.807) is 18.2 Å². The Morgan fingerprint density at radius 2 is 2.08 bits per heavy atom. The zero-order valence-electron chi connectivity index (χ0n) is 13.2. The largest absolute Gasteiger partial charge is 0.497 e. The summed E-state index contributed by atoms with van der Waals surface area (Å²) in [6.45, 7) is 0.127. The molecule has 0 spiro atoms. The van der Waals surface area contributed by atoms with Crippen LogP contribution in [-0.2, 0) is 35.4 Å². The predicted octanol–water partition coefficient (Wildman–Crippen LogP) is 0.768. The van der Waals surface area contributed by atoms with E-state index in [1.165, 1.54) is 20.3 Å². The van der Waals surface area contributed by atoms with Crippen LogP contribution >= 0.6 is 0 Å². The van der Waals surface area contributed by atoms with Crippen LogP contribution in [0, 0.1) is 0 Å². The average molecular weight is 371 g/mol. The molecule has 1 N–H and O–H groups in total. The Hall–Kier alpha value is -1.97. The van der Waals surface area contributed by atoms with Gasteiger partial charge in [-0.05, 0) is 17.7 Å². The molecule has 9 heteroatoms. The van der Waals surface area contributed by atoms with Crippen LogP contribution in [0.25, 0.3) is 11.0 Å². The molecule has 0 aliphatic carbocycles. The van der Waals surface area contributed by atoms with E-state index >= 15 is 0 Å². The van der Waals surface area contributed by atoms with Crippen LogP contribution in [0.1, 0.15) is 5.56 Å². The summed E-state index contributed by atoms with van der Waals surface area (Å²) in [5, 5.41) is 3.25. The third-order valence-corrected chi connectivity index (χ3v) is 5.44. The zero-order valence-corrected chi connectivity index (χ0v) is 14.8. The molecule has 0 radical (unpaired) electrons. The monoisotopic (exact) mass is 371 g/mol. The van der Waals surface area contributed by atoms with E-state index < -0.39 is 14.4 Å². The van der Waals surface area contributed by atoms with Crippen molar-refractivity contribution in [2.75, 3.05) is 26.5 Å². The molecule has 2 rings (SSSR count). The van der Waals surface area contributed by atoms with Gasteiger partial charge in [0.1, 0.15) is 20.1 Å². The summed E-state index contributed by atoms with van der Waals surface area (Å²) in [5.74, 6) is 0.269. The van der Waals surface area contributed by atoms with Crippen LogP contribution in [0.5, 0.6) is 5.75 Å². The molecule has 1 aromatic heterocycles.